The Balaban J connectivity index is 2.29. The van der Waals surface area contributed by atoms with Crippen LogP contribution in [0.1, 0.15) is 11.1 Å². The van der Waals surface area contributed by atoms with E-state index in [1.54, 1.807) is 30.5 Å². The fourth-order valence-electron chi connectivity index (χ4n) is 1.77. The molecule has 1 aromatic carbocycles. The highest BCUT2D eigenvalue weighted by molar-refractivity contribution is 7.99. The normalized spacial score (nSPS) is 11.6. The number of aryl methyl sites for hydroxylation is 1. The van der Waals surface area contributed by atoms with Gasteiger partial charge in [-0.2, -0.15) is 0 Å². The monoisotopic (exact) mass is 308 g/mol. The number of nitrogens with zero attached hydrogens (tertiary/aromatic N) is 1. The molecule has 0 unspecified atom stereocenters. The molecule has 2 aromatic rings. The van der Waals surface area contributed by atoms with Crippen molar-refractivity contribution < 1.29 is 8.42 Å². The zero-order valence-corrected chi connectivity index (χ0v) is 13.0. The number of sulfone groups is 1. The van der Waals surface area contributed by atoms with Crippen LogP contribution in [0.15, 0.2) is 51.3 Å². The molecule has 0 bridgehead atoms. The lowest BCUT2D eigenvalue weighted by atomic mass is 10.2. The molecule has 0 radical (unpaired) electrons. The average Bonchev–Trinajstić information content (AvgIpc) is 2.38. The summed E-state index contributed by atoms with van der Waals surface area (Å²) in [5, 5.41) is 0.861. The van der Waals surface area contributed by atoms with Gasteiger partial charge in [-0.15, -0.1) is 0 Å². The summed E-state index contributed by atoms with van der Waals surface area (Å²) in [5.74, 6) is 0. The summed E-state index contributed by atoms with van der Waals surface area (Å²) in [6.07, 6.45) is 2.95. The molecule has 0 amide bonds. The fourth-order valence-corrected chi connectivity index (χ4v) is 3.37. The number of hydrogen-bond acceptors (Lipinski definition) is 5. The number of aromatic nitrogens is 1. The quantitative estimate of drug-likeness (QED) is 0.939. The number of hydrogen-bond donors (Lipinski definition) is 1. The molecular formula is C14H16N2O2S2. The summed E-state index contributed by atoms with van der Waals surface area (Å²) in [7, 11) is -3.16. The summed E-state index contributed by atoms with van der Waals surface area (Å²) in [6.45, 7) is 2.43. The molecule has 106 valence electrons. The second kappa shape index (κ2) is 5.95. The predicted molar refractivity (Wildman–Crippen MR) is 80.5 cm³/mol. The Morgan fingerprint density at radius 3 is 2.40 bits per heavy atom. The van der Waals surface area contributed by atoms with Gasteiger partial charge in [-0.3, -0.25) is 0 Å². The second-order valence-electron chi connectivity index (χ2n) is 4.46. The van der Waals surface area contributed by atoms with Crippen LogP contribution in [0.5, 0.6) is 0 Å². The van der Waals surface area contributed by atoms with E-state index in [0.717, 1.165) is 21.0 Å². The van der Waals surface area contributed by atoms with E-state index in [0.29, 0.717) is 11.4 Å². The van der Waals surface area contributed by atoms with Crippen molar-refractivity contribution in [3.05, 3.63) is 47.7 Å². The number of pyridine rings is 1. The van der Waals surface area contributed by atoms with E-state index < -0.39 is 9.84 Å². The summed E-state index contributed by atoms with van der Waals surface area (Å²) in [6, 6.07) is 8.71. The van der Waals surface area contributed by atoms with Crippen molar-refractivity contribution in [3.63, 3.8) is 0 Å². The standard InChI is InChI=1S/C14H16N2O2S2/c1-10-7-8-16-14(13(10)9-15)19-11-3-5-12(6-4-11)20(2,17)18/h3-8H,9,15H2,1-2H3. The molecule has 2 N–H and O–H groups in total. The smallest absolute Gasteiger partial charge is 0.175 e. The molecule has 0 fully saturated rings. The Hall–Kier alpha value is -1.37. The van der Waals surface area contributed by atoms with Crippen molar-refractivity contribution >= 4 is 21.6 Å². The van der Waals surface area contributed by atoms with Crippen molar-refractivity contribution in [2.75, 3.05) is 6.26 Å². The van der Waals surface area contributed by atoms with Crippen LogP contribution < -0.4 is 5.73 Å². The molecule has 0 aliphatic heterocycles. The topological polar surface area (TPSA) is 73.0 Å². The van der Waals surface area contributed by atoms with E-state index >= 15 is 0 Å². The highest BCUT2D eigenvalue weighted by Crippen LogP contribution is 2.30. The van der Waals surface area contributed by atoms with Crippen molar-refractivity contribution in [1.82, 2.24) is 4.98 Å². The molecule has 20 heavy (non-hydrogen) atoms. The lowest BCUT2D eigenvalue weighted by molar-refractivity contribution is 0.602. The molecule has 0 atom stereocenters. The Labute approximate surface area is 123 Å². The molecule has 0 spiro atoms. The zero-order chi connectivity index (χ0) is 14.8. The predicted octanol–water partition coefficient (Wildman–Crippen LogP) is 2.40. The molecule has 0 saturated carbocycles. The van der Waals surface area contributed by atoms with Gasteiger partial charge in [0.1, 0.15) is 5.03 Å². The van der Waals surface area contributed by atoms with Gasteiger partial charge < -0.3 is 5.73 Å². The van der Waals surface area contributed by atoms with E-state index in [2.05, 4.69) is 4.98 Å². The maximum absolute atomic E-state index is 11.4. The zero-order valence-electron chi connectivity index (χ0n) is 11.3. The first-order valence-corrected chi connectivity index (χ1v) is 8.75. The van der Waals surface area contributed by atoms with Gasteiger partial charge in [0.25, 0.3) is 0 Å². The van der Waals surface area contributed by atoms with Crippen LogP contribution in [0, 0.1) is 6.92 Å². The Bertz CT molecular complexity index is 710. The van der Waals surface area contributed by atoms with Gasteiger partial charge in [-0.25, -0.2) is 13.4 Å². The van der Waals surface area contributed by atoms with Crippen LogP contribution in [-0.4, -0.2) is 19.7 Å². The van der Waals surface area contributed by atoms with Crippen LogP contribution >= 0.6 is 11.8 Å². The molecule has 0 aliphatic carbocycles. The third-order valence-corrected chi connectivity index (χ3v) is 5.10. The first kappa shape index (κ1) is 15.0. The third-order valence-electron chi connectivity index (χ3n) is 2.92. The van der Waals surface area contributed by atoms with Gasteiger partial charge in [0.15, 0.2) is 9.84 Å². The fraction of sp³-hybridized carbons (Fsp3) is 0.214. The van der Waals surface area contributed by atoms with E-state index in [9.17, 15) is 8.42 Å². The van der Waals surface area contributed by atoms with E-state index in [1.165, 1.54) is 18.0 Å². The molecule has 2 rings (SSSR count). The lowest BCUT2D eigenvalue weighted by Crippen LogP contribution is -2.02. The Morgan fingerprint density at radius 2 is 1.85 bits per heavy atom. The minimum Gasteiger partial charge on any atom is -0.326 e. The first-order chi connectivity index (χ1) is 9.41. The Morgan fingerprint density at radius 1 is 1.20 bits per heavy atom. The first-order valence-electron chi connectivity index (χ1n) is 6.04. The van der Waals surface area contributed by atoms with Crippen LogP contribution in [-0.2, 0) is 16.4 Å². The summed E-state index contributed by atoms with van der Waals surface area (Å²) >= 11 is 1.49. The molecule has 1 aromatic heterocycles. The van der Waals surface area contributed by atoms with Crippen molar-refractivity contribution in [1.29, 1.82) is 0 Å². The van der Waals surface area contributed by atoms with Crippen molar-refractivity contribution in [2.45, 2.75) is 28.3 Å². The van der Waals surface area contributed by atoms with Crippen LogP contribution in [0.25, 0.3) is 0 Å². The van der Waals surface area contributed by atoms with Gasteiger partial charge >= 0.3 is 0 Å². The highest BCUT2D eigenvalue weighted by atomic mass is 32.2. The van der Waals surface area contributed by atoms with E-state index in [1.807, 2.05) is 13.0 Å². The molecule has 6 heteroatoms. The molecule has 4 nitrogen and oxygen atoms in total. The van der Waals surface area contributed by atoms with Crippen molar-refractivity contribution in [2.24, 2.45) is 5.73 Å². The minimum absolute atomic E-state index is 0.318. The summed E-state index contributed by atoms with van der Waals surface area (Å²) < 4.78 is 22.8. The summed E-state index contributed by atoms with van der Waals surface area (Å²) in [5.41, 5.74) is 7.88. The minimum atomic E-state index is -3.16. The third kappa shape index (κ3) is 3.39. The molecular weight excluding hydrogens is 292 g/mol. The molecule has 1 heterocycles. The Kier molecular flexibility index (Phi) is 4.47. The van der Waals surface area contributed by atoms with Gasteiger partial charge in [-0.05, 0) is 42.8 Å². The number of benzene rings is 1. The van der Waals surface area contributed by atoms with Gasteiger partial charge in [0.05, 0.1) is 4.90 Å². The average molecular weight is 308 g/mol. The van der Waals surface area contributed by atoms with Crippen molar-refractivity contribution in [3.8, 4) is 0 Å². The summed E-state index contributed by atoms with van der Waals surface area (Å²) in [4.78, 5) is 5.59. The van der Waals surface area contributed by atoms with Gasteiger partial charge in [0, 0.05) is 29.5 Å². The highest BCUT2D eigenvalue weighted by Gasteiger charge is 2.09. The van der Waals surface area contributed by atoms with E-state index in [-0.39, 0.29) is 0 Å². The van der Waals surface area contributed by atoms with Gasteiger partial charge in [-0.1, -0.05) is 11.8 Å². The number of rotatable bonds is 4. The SMILES string of the molecule is Cc1ccnc(Sc2ccc(S(C)(=O)=O)cc2)c1CN. The van der Waals surface area contributed by atoms with Crippen LogP contribution in [0.3, 0.4) is 0 Å². The van der Waals surface area contributed by atoms with E-state index in [4.69, 9.17) is 5.73 Å². The maximum Gasteiger partial charge on any atom is 0.175 e. The van der Waals surface area contributed by atoms with Crippen LogP contribution in [0.2, 0.25) is 0 Å². The molecule has 0 saturated heterocycles. The number of nitrogens with two attached hydrogens (primary N) is 1. The largest absolute Gasteiger partial charge is 0.326 e. The lowest BCUT2D eigenvalue weighted by Gasteiger charge is -2.09. The van der Waals surface area contributed by atoms with Crippen LogP contribution in [0.4, 0.5) is 0 Å². The second-order valence-corrected chi connectivity index (χ2v) is 7.54. The molecule has 0 aliphatic rings. The maximum atomic E-state index is 11.4. The van der Waals surface area contributed by atoms with Gasteiger partial charge in [0.2, 0.25) is 0 Å².